The maximum atomic E-state index is 11.5. The molecule has 0 spiro atoms. The molecule has 0 aliphatic heterocycles. The Bertz CT molecular complexity index is 514. The van der Waals surface area contributed by atoms with Crippen LogP contribution in [0, 0.1) is 11.3 Å². The van der Waals surface area contributed by atoms with E-state index < -0.39 is 10.0 Å². The van der Waals surface area contributed by atoms with Gasteiger partial charge in [-0.15, -0.1) is 0 Å². The number of nitrogens with one attached hydrogen (secondary N) is 1. The third kappa shape index (κ3) is 2.25. The summed E-state index contributed by atoms with van der Waals surface area (Å²) in [5.74, 6) is 0.209. The van der Waals surface area contributed by atoms with E-state index in [0.717, 1.165) is 0 Å². The van der Waals surface area contributed by atoms with Crippen molar-refractivity contribution in [3.05, 3.63) is 23.9 Å². The fourth-order valence-electron chi connectivity index (χ4n) is 1.16. The summed E-state index contributed by atoms with van der Waals surface area (Å²) < 4.78 is 25.4. The Labute approximate surface area is 87.8 Å². The van der Waals surface area contributed by atoms with Crippen LogP contribution in [-0.4, -0.2) is 18.7 Å². The van der Waals surface area contributed by atoms with Gasteiger partial charge in [0.25, 0.3) is 0 Å². The molecule has 1 heterocycles. The molecular formula is C9H9N3O2S. The number of rotatable bonds is 3. The minimum atomic E-state index is -3.29. The molecule has 1 fully saturated rings. The van der Waals surface area contributed by atoms with Gasteiger partial charge in [0, 0.05) is 6.20 Å². The molecule has 5 nitrogen and oxygen atoms in total. The van der Waals surface area contributed by atoms with E-state index in [2.05, 4.69) is 9.71 Å². The summed E-state index contributed by atoms with van der Waals surface area (Å²) in [6, 6.07) is 4.86. The summed E-state index contributed by atoms with van der Waals surface area (Å²) >= 11 is 0. The highest BCUT2D eigenvalue weighted by Crippen LogP contribution is 2.29. The molecule has 1 aromatic rings. The van der Waals surface area contributed by atoms with E-state index in [-0.39, 0.29) is 11.1 Å². The van der Waals surface area contributed by atoms with Gasteiger partial charge >= 0.3 is 0 Å². The molecule has 78 valence electrons. The lowest BCUT2D eigenvalue weighted by molar-refractivity contribution is 0.600. The summed E-state index contributed by atoms with van der Waals surface area (Å²) in [7, 11) is -3.29. The summed E-state index contributed by atoms with van der Waals surface area (Å²) in [5, 5.41) is 8.34. The van der Waals surface area contributed by atoms with Crippen molar-refractivity contribution in [2.75, 3.05) is 4.72 Å². The molecule has 0 amide bonds. The van der Waals surface area contributed by atoms with E-state index in [0.29, 0.717) is 18.4 Å². The molecule has 2 rings (SSSR count). The van der Waals surface area contributed by atoms with Crippen LogP contribution in [0.3, 0.4) is 0 Å². The number of nitriles is 1. The van der Waals surface area contributed by atoms with Crippen molar-refractivity contribution in [2.24, 2.45) is 0 Å². The smallest absolute Gasteiger partial charge is 0.236 e. The van der Waals surface area contributed by atoms with Crippen LogP contribution in [0.25, 0.3) is 0 Å². The first kappa shape index (κ1) is 9.93. The second-order valence-corrected chi connectivity index (χ2v) is 5.35. The lowest BCUT2D eigenvalue weighted by Crippen LogP contribution is -2.18. The zero-order valence-electron chi connectivity index (χ0n) is 7.84. The molecule has 1 aliphatic rings. The minimum absolute atomic E-state index is 0.209. The number of hydrogen-bond acceptors (Lipinski definition) is 4. The van der Waals surface area contributed by atoms with Crippen molar-refractivity contribution in [1.29, 1.82) is 5.26 Å². The Morgan fingerprint density at radius 1 is 1.53 bits per heavy atom. The molecule has 1 aliphatic carbocycles. The van der Waals surface area contributed by atoms with Gasteiger partial charge in [0.1, 0.15) is 5.82 Å². The molecule has 0 aromatic carbocycles. The number of sulfonamides is 1. The van der Waals surface area contributed by atoms with Crippen molar-refractivity contribution in [2.45, 2.75) is 18.1 Å². The Balaban J connectivity index is 2.21. The maximum absolute atomic E-state index is 11.5. The highest BCUT2D eigenvalue weighted by molar-refractivity contribution is 7.93. The van der Waals surface area contributed by atoms with Crippen molar-refractivity contribution in [3.63, 3.8) is 0 Å². The summed E-state index contributed by atoms with van der Waals surface area (Å²) in [6.07, 6.45) is 2.81. The number of anilines is 1. The molecule has 1 saturated carbocycles. The second-order valence-electron chi connectivity index (χ2n) is 3.39. The predicted molar refractivity (Wildman–Crippen MR) is 54.5 cm³/mol. The topological polar surface area (TPSA) is 82.8 Å². The molecule has 1 N–H and O–H groups in total. The van der Waals surface area contributed by atoms with Crippen LogP contribution in [0.2, 0.25) is 0 Å². The number of pyridine rings is 1. The van der Waals surface area contributed by atoms with Gasteiger partial charge in [-0.05, 0) is 25.0 Å². The van der Waals surface area contributed by atoms with Gasteiger partial charge in [-0.1, -0.05) is 0 Å². The third-order valence-electron chi connectivity index (χ3n) is 2.10. The van der Waals surface area contributed by atoms with Gasteiger partial charge in [-0.2, -0.15) is 5.26 Å². The van der Waals surface area contributed by atoms with E-state index in [9.17, 15) is 8.42 Å². The van der Waals surface area contributed by atoms with Crippen LogP contribution in [0.5, 0.6) is 0 Å². The number of nitrogens with zero attached hydrogens (tertiary/aromatic N) is 2. The van der Waals surface area contributed by atoms with Gasteiger partial charge in [0.2, 0.25) is 10.0 Å². The van der Waals surface area contributed by atoms with Crippen molar-refractivity contribution < 1.29 is 8.42 Å². The van der Waals surface area contributed by atoms with Crippen LogP contribution in [0.15, 0.2) is 18.3 Å². The highest BCUT2D eigenvalue weighted by atomic mass is 32.2. The van der Waals surface area contributed by atoms with Gasteiger partial charge in [-0.3, -0.25) is 4.72 Å². The first-order chi connectivity index (χ1) is 7.12. The number of aromatic nitrogens is 1. The van der Waals surface area contributed by atoms with E-state index in [1.165, 1.54) is 18.3 Å². The number of hydrogen-bond donors (Lipinski definition) is 1. The first-order valence-corrected chi connectivity index (χ1v) is 6.04. The summed E-state index contributed by atoms with van der Waals surface area (Å²) in [6.45, 7) is 0. The first-order valence-electron chi connectivity index (χ1n) is 4.49. The predicted octanol–water partition coefficient (Wildman–Crippen LogP) is 0.857. The van der Waals surface area contributed by atoms with E-state index in [1.807, 2.05) is 6.07 Å². The molecular weight excluding hydrogens is 214 g/mol. The average Bonchev–Trinajstić information content (AvgIpc) is 3.00. The Hall–Kier alpha value is -1.61. The molecule has 0 saturated heterocycles. The zero-order valence-corrected chi connectivity index (χ0v) is 8.66. The molecule has 0 bridgehead atoms. The minimum Gasteiger partial charge on any atom is -0.267 e. The lowest BCUT2D eigenvalue weighted by Gasteiger charge is -2.05. The van der Waals surface area contributed by atoms with Crippen LogP contribution in [-0.2, 0) is 10.0 Å². The standard InChI is InChI=1S/C9H9N3O2S/c10-6-7-3-4-11-9(5-7)12-15(13,14)8-1-2-8/h3-5,8H,1-2H2,(H,11,12). The molecule has 0 atom stereocenters. The van der Waals surface area contributed by atoms with Gasteiger partial charge in [-0.25, -0.2) is 13.4 Å². The monoisotopic (exact) mass is 223 g/mol. The Morgan fingerprint density at radius 3 is 2.87 bits per heavy atom. The van der Waals surface area contributed by atoms with Gasteiger partial charge < -0.3 is 0 Å². The lowest BCUT2D eigenvalue weighted by atomic mass is 10.3. The molecule has 6 heteroatoms. The van der Waals surface area contributed by atoms with Gasteiger partial charge in [0.05, 0.1) is 16.9 Å². The van der Waals surface area contributed by atoms with Crippen molar-refractivity contribution in [1.82, 2.24) is 4.98 Å². The fraction of sp³-hybridized carbons (Fsp3) is 0.333. The normalized spacial score (nSPS) is 15.7. The maximum Gasteiger partial charge on any atom is 0.236 e. The van der Waals surface area contributed by atoms with Crippen molar-refractivity contribution in [3.8, 4) is 6.07 Å². The average molecular weight is 223 g/mol. The van der Waals surface area contributed by atoms with E-state index >= 15 is 0 Å². The second kappa shape index (κ2) is 3.51. The molecule has 1 aromatic heterocycles. The van der Waals surface area contributed by atoms with Crippen LogP contribution in [0.4, 0.5) is 5.82 Å². The Kier molecular flexibility index (Phi) is 2.32. The SMILES string of the molecule is N#Cc1ccnc(NS(=O)(=O)C2CC2)c1. The van der Waals surface area contributed by atoms with Gasteiger partial charge in [0.15, 0.2) is 0 Å². The molecule has 0 unspecified atom stereocenters. The quantitative estimate of drug-likeness (QED) is 0.823. The summed E-state index contributed by atoms with van der Waals surface area (Å²) in [4.78, 5) is 3.84. The largest absolute Gasteiger partial charge is 0.267 e. The zero-order chi connectivity index (χ0) is 10.9. The van der Waals surface area contributed by atoms with Crippen molar-refractivity contribution >= 4 is 15.8 Å². The van der Waals surface area contributed by atoms with Crippen LogP contribution >= 0.6 is 0 Å². The van der Waals surface area contributed by atoms with Crippen LogP contribution < -0.4 is 4.72 Å². The Morgan fingerprint density at radius 2 is 2.27 bits per heavy atom. The third-order valence-corrected chi connectivity index (χ3v) is 3.94. The van der Waals surface area contributed by atoms with E-state index in [1.54, 1.807) is 0 Å². The van der Waals surface area contributed by atoms with E-state index in [4.69, 9.17) is 5.26 Å². The highest BCUT2D eigenvalue weighted by Gasteiger charge is 2.35. The fourth-order valence-corrected chi connectivity index (χ4v) is 2.49. The molecule has 0 radical (unpaired) electrons. The summed E-state index contributed by atoms with van der Waals surface area (Å²) in [5.41, 5.74) is 0.387. The van der Waals surface area contributed by atoms with Crippen LogP contribution in [0.1, 0.15) is 18.4 Å². The molecule has 15 heavy (non-hydrogen) atoms.